The Morgan fingerprint density at radius 1 is 1.14 bits per heavy atom. The molecule has 0 spiro atoms. The molecule has 0 saturated heterocycles. The topological polar surface area (TPSA) is 48.3 Å². The fourth-order valence-corrected chi connectivity index (χ4v) is 3.07. The van der Waals surface area contributed by atoms with Crippen LogP contribution in [0.4, 0.5) is 0 Å². The lowest BCUT2D eigenvalue weighted by atomic mass is 10.2. The van der Waals surface area contributed by atoms with Gasteiger partial charge < -0.3 is 19.4 Å². The van der Waals surface area contributed by atoms with Crippen LogP contribution in [0.2, 0.25) is 5.02 Å². The summed E-state index contributed by atoms with van der Waals surface area (Å²) >= 11 is 6.44. The zero-order valence-corrected chi connectivity index (χ0v) is 17.4. The average molecular weight is 422 g/mol. The van der Waals surface area contributed by atoms with Crippen molar-refractivity contribution in [3.05, 3.63) is 77.3 Å². The third-order valence-electron chi connectivity index (χ3n) is 4.17. The molecule has 150 valence electrons. The van der Waals surface area contributed by atoms with Crippen LogP contribution in [0, 0.1) is 0 Å². The first-order chi connectivity index (χ1) is 13.3. The lowest BCUT2D eigenvalue weighted by Gasteiger charge is -2.15. The number of methoxy groups -OCH3 is 1. The van der Waals surface area contributed by atoms with Gasteiger partial charge in [0, 0.05) is 25.5 Å². The molecule has 5 nitrogen and oxygen atoms in total. The minimum Gasteiger partial charge on any atom is -0.493 e. The van der Waals surface area contributed by atoms with Crippen LogP contribution >= 0.6 is 24.0 Å². The maximum atomic E-state index is 6.44. The number of imidazole rings is 1. The SMILES string of the molecule is COc1cc(CNCCCn2ccnc2)cc(Cl)c1OCc1ccccc1.Cl. The quantitative estimate of drug-likeness (QED) is 0.480. The number of aryl methyl sites for hydroxylation is 1. The third kappa shape index (κ3) is 6.44. The summed E-state index contributed by atoms with van der Waals surface area (Å²) in [6, 6.07) is 13.9. The summed E-state index contributed by atoms with van der Waals surface area (Å²) < 4.78 is 13.5. The van der Waals surface area contributed by atoms with Crippen LogP contribution in [0.5, 0.6) is 11.5 Å². The van der Waals surface area contributed by atoms with Crippen molar-refractivity contribution in [3.8, 4) is 11.5 Å². The molecule has 0 bridgehead atoms. The number of nitrogens with one attached hydrogen (secondary N) is 1. The Morgan fingerprint density at radius 3 is 2.68 bits per heavy atom. The molecular formula is C21H25Cl2N3O2. The molecule has 1 heterocycles. The second-order valence-electron chi connectivity index (χ2n) is 6.21. The minimum atomic E-state index is 0. The Morgan fingerprint density at radius 2 is 1.96 bits per heavy atom. The van der Waals surface area contributed by atoms with Gasteiger partial charge in [-0.15, -0.1) is 12.4 Å². The molecule has 0 radical (unpaired) electrons. The number of rotatable bonds is 10. The summed E-state index contributed by atoms with van der Waals surface area (Å²) in [4.78, 5) is 4.04. The summed E-state index contributed by atoms with van der Waals surface area (Å²) in [5.74, 6) is 1.22. The van der Waals surface area contributed by atoms with Gasteiger partial charge in [-0.3, -0.25) is 0 Å². The second-order valence-corrected chi connectivity index (χ2v) is 6.62. The number of halogens is 2. The molecule has 2 aromatic carbocycles. The van der Waals surface area contributed by atoms with E-state index in [9.17, 15) is 0 Å². The second kappa shape index (κ2) is 11.6. The molecule has 1 aromatic heterocycles. The van der Waals surface area contributed by atoms with Gasteiger partial charge in [-0.25, -0.2) is 4.98 Å². The van der Waals surface area contributed by atoms with Crippen LogP contribution < -0.4 is 14.8 Å². The molecule has 0 saturated carbocycles. The number of nitrogens with zero attached hydrogens (tertiary/aromatic N) is 2. The highest BCUT2D eigenvalue weighted by atomic mass is 35.5. The summed E-state index contributed by atoms with van der Waals surface area (Å²) in [5, 5.41) is 3.99. The summed E-state index contributed by atoms with van der Waals surface area (Å²) in [7, 11) is 1.63. The maximum Gasteiger partial charge on any atom is 0.180 e. The van der Waals surface area contributed by atoms with Gasteiger partial charge in [0.15, 0.2) is 11.5 Å². The van der Waals surface area contributed by atoms with Gasteiger partial charge in [-0.1, -0.05) is 41.9 Å². The zero-order chi connectivity index (χ0) is 18.9. The Kier molecular flexibility index (Phi) is 9.14. The van der Waals surface area contributed by atoms with Crippen molar-refractivity contribution in [1.82, 2.24) is 14.9 Å². The van der Waals surface area contributed by atoms with Gasteiger partial charge in [0.05, 0.1) is 18.5 Å². The highest BCUT2D eigenvalue weighted by molar-refractivity contribution is 6.32. The van der Waals surface area contributed by atoms with E-state index >= 15 is 0 Å². The molecule has 0 aliphatic heterocycles. The number of hydrogen-bond donors (Lipinski definition) is 1. The maximum absolute atomic E-state index is 6.44. The van der Waals surface area contributed by atoms with Crippen LogP contribution in [0.3, 0.4) is 0 Å². The van der Waals surface area contributed by atoms with Crippen LogP contribution in [0.15, 0.2) is 61.2 Å². The lowest BCUT2D eigenvalue weighted by Crippen LogP contribution is -2.16. The van der Waals surface area contributed by atoms with Gasteiger partial charge in [0.25, 0.3) is 0 Å². The molecule has 3 rings (SSSR count). The van der Waals surface area contributed by atoms with Crippen molar-refractivity contribution in [3.63, 3.8) is 0 Å². The van der Waals surface area contributed by atoms with Crippen LogP contribution in [0.25, 0.3) is 0 Å². The monoisotopic (exact) mass is 421 g/mol. The Bertz CT molecular complexity index is 827. The zero-order valence-electron chi connectivity index (χ0n) is 15.8. The van der Waals surface area contributed by atoms with Crippen molar-refractivity contribution in [2.45, 2.75) is 26.1 Å². The molecule has 7 heteroatoms. The summed E-state index contributed by atoms with van der Waals surface area (Å²) in [6.07, 6.45) is 6.63. The van der Waals surface area contributed by atoms with Crippen molar-refractivity contribution < 1.29 is 9.47 Å². The van der Waals surface area contributed by atoms with Crippen LogP contribution in [-0.4, -0.2) is 23.2 Å². The fraction of sp³-hybridized carbons (Fsp3) is 0.286. The van der Waals surface area contributed by atoms with E-state index in [1.54, 1.807) is 13.3 Å². The lowest BCUT2D eigenvalue weighted by molar-refractivity contribution is 0.284. The predicted octanol–water partition coefficient (Wildman–Crippen LogP) is 4.73. The molecule has 0 atom stereocenters. The molecule has 0 unspecified atom stereocenters. The number of hydrogen-bond acceptors (Lipinski definition) is 4. The Labute approximate surface area is 177 Å². The first-order valence-electron chi connectivity index (χ1n) is 8.96. The molecule has 3 aromatic rings. The molecule has 1 N–H and O–H groups in total. The smallest absolute Gasteiger partial charge is 0.180 e. The fourth-order valence-electron chi connectivity index (χ4n) is 2.78. The van der Waals surface area contributed by atoms with Gasteiger partial charge >= 0.3 is 0 Å². The number of benzene rings is 2. The van der Waals surface area contributed by atoms with E-state index in [1.165, 1.54) is 0 Å². The van der Waals surface area contributed by atoms with E-state index in [1.807, 2.05) is 55.0 Å². The van der Waals surface area contributed by atoms with E-state index in [-0.39, 0.29) is 12.4 Å². The van der Waals surface area contributed by atoms with E-state index in [4.69, 9.17) is 21.1 Å². The Hall–Kier alpha value is -2.21. The number of aromatic nitrogens is 2. The van der Waals surface area contributed by atoms with Gasteiger partial charge in [0.2, 0.25) is 0 Å². The van der Waals surface area contributed by atoms with Crippen molar-refractivity contribution >= 4 is 24.0 Å². The first kappa shape index (κ1) is 22.1. The third-order valence-corrected chi connectivity index (χ3v) is 4.45. The summed E-state index contributed by atoms with van der Waals surface area (Å²) in [5.41, 5.74) is 2.14. The van der Waals surface area contributed by atoms with E-state index in [2.05, 4.69) is 14.9 Å². The van der Waals surface area contributed by atoms with Crippen molar-refractivity contribution in [2.24, 2.45) is 0 Å². The molecule has 0 aliphatic rings. The molecular weight excluding hydrogens is 397 g/mol. The molecule has 28 heavy (non-hydrogen) atoms. The van der Waals surface area contributed by atoms with Gasteiger partial charge in [-0.05, 0) is 36.2 Å². The standard InChI is InChI=1S/C21H24ClN3O2.ClH/c1-26-20-13-18(14-23-8-5-10-25-11-9-24-16-25)12-19(22)21(20)27-15-17-6-3-2-4-7-17;/h2-4,6-7,9,11-13,16,23H,5,8,10,14-15H2,1H3;1H. The summed E-state index contributed by atoms with van der Waals surface area (Å²) in [6.45, 7) is 3.02. The molecule has 0 fully saturated rings. The van der Waals surface area contributed by atoms with E-state index in [0.29, 0.717) is 23.1 Å². The highest BCUT2D eigenvalue weighted by Crippen LogP contribution is 2.37. The van der Waals surface area contributed by atoms with E-state index in [0.717, 1.165) is 37.2 Å². The highest BCUT2D eigenvalue weighted by Gasteiger charge is 2.12. The molecule has 0 amide bonds. The normalized spacial score (nSPS) is 10.4. The van der Waals surface area contributed by atoms with E-state index < -0.39 is 0 Å². The Balaban J connectivity index is 0.00000280. The van der Waals surface area contributed by atoms with Gasteiger partial charge in [0.1, 0.15) is 6.61 Å². The van der Waals surface area contributed by atoms with Crippen LogP contribution in [-0.2, 0) is 19.7 Å². The van der Waals surface area contributed by atoms with Gasteiger partial charge in [-0.2, -0.15) is 0 Å². The largest absolute Gasteiger partial charge is 0.493 e. The predicted molar refractivity (Wildman–Crippen MR) is 115 cm³/mol. The minimum absolute atomic E-state index is 0. The van der Waals surface area contributed by atoms with Crippen molar-refractivity contribution in [1.29, 1.82) is 0 Å². The van der Waals surface area contributed by atoms with Crippen LogP contribution in [0.1, 0.15) is 17.5 Å². The van der Waals surface area contributed by atoms with Crippen molar-refractivity contribution in [2.75, 3.05) is 13.7 Å². The number of ether oxygens (including phenoxy) is 2. The molecule has 0 aliphatic carbocycles. The average Bonchev–Trinajstić information content (AvgIpc) is 3.21. The first-order valence-corrected chi connectivity index (χ1v) is 9.33.